The van der Waals surface area contributed by atoms with Gasteiger partial charge in [-0.05, 0) is 30.8 Å². The van der Waals surface area contributed by atoms with Crippen LogP contribution in [0.25, 0.3) is 0 Å². The molecule has 100 valence electrons. The van der Waals surface area contributed by atoms with Gasteiger partial charge >= 0.3 is 0 Å². The smallest absolute Gasteiger partial charge is 0.275 e. The van der Waals surface area contributed by atoms with Gasteiger partial charge in [0.1, 0.15) is 0 Å². The van der Waals surface area contributed by atoms with E-state index in [1.54, 1.807) is 12.3 Å². The molecule has 0 radical (unpaired) electrons. The van der Waals surface area contributed by atoms with Crippen LogP contribution in [0.15, 0.2) is 36.7 Å². The molecule has 0 unspecified atom stereocenters. The minimum atomic E-state index is -0.244. The molecule has 6 heteroatoms. The van der Waals surface area contributed by atoms with Crippen molar-refractivity contribution < 1.29 is 4.79 Å². The molecule has 0 aromatic carbocycles. The van der Waals surface area contributed by atoms with Crippen molar-refractivity contribution >= 4 is 17.2 Å². The third kappa shape index (κ3) is 3.85. The van der Waals surface area contributed by atoms with Crippen LogP contribution in [-0.4, -0.2) is 22.8 Å². The summed E-state index contributed by atoms with van der Waals surface area (Å²) < 4.78 is 0. The first-order valence-electron chi connectivity index (χ1n) is 5.86. The second-order valence-electron chi connectivity index (χ2n) is 4.27. The van der Waals surface area contributed by atoms with Crippen molar-refractivity contribution in [3.8, 4) is 0 Å². The van der Waals surface area contributed by atoms with Gasteiger partial charge in [0.15, 0.2) is 0 Å². The summed E-state index contributed by atoms with van der Waals surface area (Å²) in [5, 5.41) is 0. The zero-order valence-corrected chi connectivity index (χ0v) is 11.5. The van der Waals surface area contributed by atoms with Crippen LogP contribution in [0.1, 0.15) is 20.1 Å². The second-order valence-corrected chi connectivity index (χ2v) is 5.44. The molecular weight excluding hydrogens is 260 g/mol. The van der Waals surface area contributed by atoms with E-state index < -0.39 is 0 Å². The molecule has 0 aliphatic carbocycles. The maximum atomic E-state index is 11.4. The Kier molecular flexibility index (Phi) is 4.62. The lowest BCUT2D eigenvalue weighted by Gasteiger charge is -2.15. The van der Waals surface area contributed by atoms with E-state index in [0.29, 0.717) is 4.88 Å². The minimum Gasteiger partial charge on any atom is -0.297 e. The average Bonchev–Trinajstić information content (AvgIpc) is 2.87. The van der Waals surface area contributed by atoms with E-state index in [9.17, 15) is 4.79 Å². The number of amides is 1. The second kappa shape index (κ2) is 6.42. The Bertz CT molecular complexity index is 541. The molecule has 2 aromatic rings. The first kappa shape index (κ1) is 13.7. The Morgan fingerprint density at radius 1 is 1.42 bits per heavy atom. The van der Waals surface area contributed by atoms with Gasteiger partial charge < -0.3 is 0 Å². The Hall–Kier alpha value is -1.76. The van der Waals surface area contributed by atoms with E-state index in [1.165, 1.54) is 16.9 Å². The van der Waals surface area contributed by atoms with Crippen molar-refractivity contribution in [1.82, 2.24) is 15.3 Å². The number of carbonyl (C=O) groups excluding carboxylic acids is 1. The SMILES string of the molecule is CN(Cc1cccnc1)Cc1ccc(C(=O)NN)s1. The third-order valence-corrected chi connectivity index (χ3v) is 3.69. The van der Waals surface area contributed by atoms with Crippen molar-refractivity contribution in [3.63, 3.8) is 0 Å². The maximum absolute atomic E-state index is 11.4. The van der Waals surface area contributed by atoms with Crippen molar-refractivity contribution in [1.29, 1.82) is 0 Å². The van der Waals surface area contributed by atoms with Crippen molar-refractivity contribution in [2.45, 2.75) is 13.1 Å². The summed E-state index contributed by atoms with van der Waals surface area (Å²) in [6, 6.07) is 7.72. The number of nitrogens with two attached hydrogens (primary N) is 1. The van der Waals surface area contributed by atoms with E-state index in [1.807, 2.05) is 31.4 Å². The number of carbonyl (C=O) groups is 1. The summed E-state index contributed by atoms with van der Waals surface area (Å²) in [5.41, 5.74) is 3.31. The summed E-state index contributed by atoms with van der Waals surface area (Å²) in [6.07, 6.45) is 3.62. The van der Waals surface area contributed by atoms with Crippen molar-refractivity contribution in [2.24, 2.45) is 5.84 Å². The fourth-order valence-corrected chi connectivity index (χ4v) is 2.77. The highest BCUT2D eigenvalue weighted by atomic mass is 32.1. The summed E-state index contributed by atoms with van der Waals surface area (Å²) in [5.74, 6) is 4.86. The summed E-state index contributed by atoms with van der Waals surface area (Å²) in [6.45, 7) is 1.61. The zero-order chi connectivity index (χ0) is 13.7. The lowest BCUT2D eigenvalue weighted by molar-refractivity contribution is 0.0957. The van der Waals surface area contributed by atoms with Gasteiger partial charge in [0.05, 0.1) is 4.88 Å². The number of nitrogen functional groups attached to an aromatic ring is 1. The standard InChI is InChI=1S/C13H16N4OS/c1-17(8-10-3-2-6-15-7-10)9-11-4-5-12(19-11)13(18)16-14/h2-7H,8-9,14H2,1H3,(H,16,18). The Balaban J connectivity index is 1.94. The number of hydrazine groups is 1. The van der Waals surface area contributed by atoms with Gasteiger partial charge in [-0.15, -0.1) is 11.3 Å². The molecule has 0 aliphatic heterocycles. The molecule has 2 rings (SSSR count). The zero-order valence-electron chi connectivity index (χ0n) is 10.7. The molecule has 0 spiro atoms. The normalized spacial score (nSPS) is 10.7. The number of thiophene rings is 1. The van der Waals surface area contributed by atoms with Gasteiger partial charge in [-0.25, -0.2) is 5.84 Å². The van der Waals surface area contributed by atoms with Crippen LogP contribution in [0.3, 0.4) is 0 Å². The number of pyridine rings is 1. The van der Waals surface area contributed by atoms with Gasteiger partial charge in [-0.3, -0.25) is 20.1 Å². The largest absolute Gasteiger partial charge is 0.297 e. The Morgan fingerprint density at radius 3 is 2.95 bits per heavy atom. The van der Waals surface area contributed by atoms with Gasteiger partial charge in [-0.2, -0.15) is 0 Å². The summed E-state index contributed by atoms with van der Waals surface area (Å²) in [4.78, 5) is 19.4. The highest BCUT2D eigenvalue weighted by molar-refractivity contribution is 7.14. The van der Waals surface area contributed by atoms with Crippen LogP contribution in [0, 0.1) is 0 Å². The van der Waals surface area contributed by atoms with Crippen LogP contribution in [-0.2, 0) is 13.1 Å². The van der Waals surface area contributed by atoms with E-state index >= 15 is 0 Å². The first-order valence-corrected chi connectivity index (χ1v) is 6.68. The number of aromatic nitrogens is 1. The summed E-state index contributed by atoms with van der Waals surface area (Å²) in [7, 11) is 2.04. The topological polar surface area (TPSA) is 71.2 Å². The van der Waals surface area contributed by atoms with E-state index in [2.05, 4.69) is 15.3 Å². The predicted octanol–water partition coefficient (Wildman–Crippen LogP) is 1.38. The Morgan fingerprint density at radius 2 is 2.26 bits per heavy atom. The molecule has 1 amide bonds. The lowest BCUT2D eigenvalue weighted by atomic mass is 10.2. The van der Waals surface area contributed by atoms with Gasteiger partial charge in [0.2, 0.25) is 0 Å². The molecule has 3 N–H and O–H groups in total. The number of hydrogen-bond acceptors (Lipinski definition) is 5. The molecule has 5 nitrogen and oxygen atoms in total. The van der Waals surface area contributed by atoms with Gasteiger partial charge in [0, 0.05) is 30.4 Å². The maximum Gasteiger partial charge on any atom is 0.275 e. The fraction of sp³-hybridized carbons (Fsp3) is 0.231. The summed E-state index contributed by atoms with van der Waals surface area (Å²) >= 11 is 1.46. The quantitative estimate of drug-likeness (QED) is 0.492. The van der Waals surface area contributed by atoms with Gasteiger partial charge in [0.25, 0.3) is 5.91 Å². The third-order valence-electron chi connectivity index (χ3n) is 2.62. The van der Waals surface area contributed by atoms with Crippen LogP contribution >= 0.6 is 11.3 Å². The molecule has 0 saturated carbocycles. The van der Waals surface area contributed by atoms with Gasteiger partial charge in [-0.1, -0.05) is 6.07 Å². The van der Waals surface area contributed by atoms with Crippen LogP contribution in [0.2, 0.25) is 0 Å². The average molecular weight is 276 g/mol. The van der Waals surface area contributed by atoms with E-state index in [4.69, 9.17) is 5.84 Å². The highest BCUT2D eigenvalue weighted by Crippen LogP contribution is 2.18. The molecule has 0 fully saturated rings. The monoisotopic (exact) mass is 276 g/mol. The molecule has 0 aliphatic rings. The number of nitrogens with one attached hydrogen (secondary N) is 1. The molecule has 0 bridgehead atoms. The van der Waals surface area contributed by atoms with E-state index in [-0.39, 0.29) is 5.91 Å². The molecule has 2 aromatic heterocycles. The van der Waals surface area contributed by atoms with Crippen molar-refractivity contribution in [3.05, 3.63) is 52.0 Å². The molecule has 0 saturated heterocycles. The van der Waals surface area contributed by atoms with Crippen LogP contribution < -0.4 is 11.3 Å². The van der Waals surface area contributed by atoms with Crippen LogP contribution in [0.5, 0.6) is 0 Å². The number of rotatable bonds is 5. The predicted molar refractivity (Wildman–Crippen MR) is 75.4 cm³/mol. The fourth-order valence-electron chi connectivity index (χ4n) is 1.78. The minimum absolute atomic E-state index is 0.244. The number of hydrogen-bond donors (Lipinski definition) is 2. The first-order chi connectivity index (χ1) is 9.19. The molecule has 2 heterocycles. The van der Waals surface area contributed by atoms with Crippen LogP contribution in [0.4, 0.5) is 0 Å². The molecule has 0 atom stereocenters. The highest BCUT2D eigenvalue weighted by Gasteiger charge is 2.09. The molecule has 19 heavy (non-hydrogen) atoms. The lowest BCUT2D eigenvalue weighted by Crippen LogP contribution is -2.29. The number of nitrogens with zero attached hydrogens (tertiary/aromatic N) is 2. The van der Waals surface area contributed by atoms with Crippen molar-refractivity contribution in [2.75, 3.05) is 7.05 Å². The Labute approximate surface area is 116 Å². The van der Waals surface area contributed by atoms with E-state index in [0.717, 1.165) is 18.0 Å². The molecular formula is C13H16N4OS.